The van der Waals surface area contributed by atoms with Crippen molar-refractivity contribution in [1.82, 2.24) is 10.2 Å². The number of aliphatic carboxylic acids is 1. The van der Waals surface area contributed by atoms with Gasteiger partial charge in [-0.2, -0.15) is 0 Å². The van der Waals surface area contributed by atoms with E-state index in [9.17, 15) is 14.4 Å². The summed E-state index contributed by atoms with van der Waals surface area (Å²) in [7, 11) is 0. The summed E-state index contributed by atoms with van der Waals surface area (Å²) in [6, 6.07) is 0. The predicted molar refractivity (Wildman–Crippen MR) is 74.0 cm³/mol. The highest BCUT2D eigenvalue weighted by molar-refractivity contribution is 5.87. The second-order valence-corrected chi connectivity index (χ2v) is 6.17. The number of piperidine rings is 1. The molecule has 6 heteroatoms. The third kappa shape index (κ3) is 3.95. The van der Waals surface area contributed by atoms with Gasteiger partial charge in [0.1, 0.15) is 5.54 Å². The molecule has 1 saturated heterocycles. The summed E-state index contributed by atoms with van der Waals surface area (Å²) in [4.78, 5) is 36.7. The normalized spacial score (nSPS) is 17.1. The number of nitrogens with one attached hydrogen (secondary N) is 1. The van der Waals surface area contributed by atoms with Crippen LogP contribution in [-0.2, 0) is 14.4 Å². The highest BCUT2D eigenvalue weighted by atomic mass is 16.4. The number of carboxylic acid groups (broad SMARTS) is 1. The molecule has 0 aliphatic carbocycles. The van der Waals surface area contributed by atoms with E-state index < -0.39 is 11.5 Å². The molecule has 1 aliphatic rings. The van der Waals surface area contributed by atoms with Crippen molar-refractivity contribution in [3.05, 3.63) is 0 Å². The molecule has 0 unspecified atom stereocenters. The molecule has 114 valence electrons. The number of carbonyl (C=O) groups excluding carboxylic acids is 2. The van der Waals surface area contributed by atoms with Crippen LogP contribution in [0.15, 0.2) is 0 Å². The zero-order valence-electron chi connectivity index (χ0n) is 12.6. The first kappa shape index (κ1) is 16.5. The largest absolute Gasteiger partial charge is 0.480 e. The van der Waals surface area contributed by atoms with E-state index in [0.717, 1.165) is 0 Å². The lowest BCUT2D eigenvalue weighted by Crippen LogP contribution is -2.53. The average Bonchev–Trinajstić information content (AvgIpc) is 2.37. The number of nitrogens with zero attached hydrogens (tertiary/aromatic N) is 1. The third-order valence-electron chi connectivity index (χ3n) is 3.64. The third-order valence-corrected chi connectivity index (χ3v) is 3.64. The summed E-state index contributed by atoms with van der Waals surface area (Å²) in [6.45, 7) is 7.76. The smallest absolute Gasteiger partial charge is 0.328 e. The van der Waals surface area contributed by atoms with Gasteiger partial charge in [0.2, 0.25) is 11.8 Å². The predicted octanol–water partition coefficient (Wildman–Crippen LogP) is 0.860. The number of rotatable bonds is 4. The SMILES string of the molecule is CC(C)C(=O)N1CCC(C(=O)NC(C)(C)C(=O)O)CC1. The van der Waals surface area contributed by atoms with Crippen molar-refractivity contribution < 1.29 is 19.5 Å². The summed E-state index contributed by atoms with van der Waals surface area (Å²) >= 11 is 0. The zero-order chi connectivity index (χ0) is 15.5. The molecule has 0 spiro atoms. The molecule has 0 aromatic rings. The lowest BCUT2D eigenvalue weighted by molar-refractivity contribution is -0.147. The van der Waals surface area contributed by atoms with Gasteiger partial charge in [0.25, 0.3) is 0 Å². The average molecular weight is 284 g/mol. The number of carbonyl (C=O) groups is 3. The van der Waals surface area contributed by atoms with Gasteiger partial charge in [-0.1, -0.05) is 13.8 Å². The van der Waals surface area contributed by atoms with Crippen LogP contribution < -0.4 is 5.32 Å². The van der Waals surface area contributed by atoms with Gasteiger partial charge in [0, 0.05) is 24.9 Å². The summed E-state index contributed by atoms with van der Waals surface area (Å²) in [5.41, 5.74) is -1.26. The number of hydrogen-bond donors (Lipinski definition) is 2. The molecule has 20 heavy (non-hydrogen) atoms. The van der Waals surface area contributed by atoms with Crippen molar-refractivity contribution >= 4 is 17.8 Å². The molecule has 6 nitrogen and oxygen atoms in total. The van der Waals surface area contributed by atoms with Gasteiger partial charge in [-0.3, -0.25) is 9.59 Å². The lowest BCUT2D eigenvalue weighted by Gasteiger charge is -2.33. The molecule has 0 aromatic heterocycles. The molecule has 0 saturated carbocycles. The zero-order valence-corrected chi connectivity index (χ0v) is 12.6. The molecule has 1 fully saturated rings. The van der Waals surface area contributed by atoms with Gasteiger partial charge in [-0.25, -0.2) is 4.79 Å². The van der Waals surface area contributed by atoms with Crippen LogP contribution in [0.3, 0.4) is 0 Å². The van der Waals surface area contributed by atoms with Gasteiger partial charge in [0.15, 0.2) is 0 Å². The van der Waals surface area contributed by atoms with Gasteiger partial charge in [0.05, 0.1) is 0 Å². The Kier molecular flexibility index (Phi) is 5.14. The second-order valence-electron chi connectivity index (χ2n) is 6.17. The summed E-state index contributed by atoms with van der Waals surface area (Å²) in [5.74, 6) is -1.45. The first-order valence-electron chi connectivity index (χ1n) is 6.99. The number of likely N-dealkylation sites (tertiary alicyclic amines) is 1. The van der Waals surface area contributed by atoms with E-state index in [1.54, 1.807) is 4.90 Å². The maximum Gasteiger partial charge on any atom is 0.328 e. The maximum atomic E-state index is 12.1. The number of hydrogen-bond acceptors (Lipinski definition) is 3. The Balaban J connectivity index is 2.51. The van der Waals surface area contributed by atoms with Gasteiger partial charge in [-0.05, 0) is 26.7 Å². The minimum Gasteiger partial charge on any atom is -0.480 e. The van der Waals surface area contributed by atoms with Crippen molar-refractivity contribution in [2.75, 3.05) is 13.1 Å². The van der Waals surface area contributed by atoms with Crippen LogP contribution in [0, 0.1) is 11.8 Å². The number of amides is 2. The molecular formula is C14H24N2O4. The molecule has 1 rings (SSSR count). The Bertz CT molecular complexity index is 396. The van der Waals surface area contributed by atoms with Crippen molar-refractivity contribution in [2.24, 2.45) is 11.8 Å². The van der Waals surface area contributed by atoms with E-state index in [1.807, 2.05) is 13.8 Å². The van der Waals surface area contributed by atoms with Crippen LogP contribution in [0.2, 0.25) is 0 Å². The topological polar surface area (TPSA) is 86.7 Å². The Labute approximate surface area is 119 Å². The van der Waals surface area contributed by atoms with E-state index in [-0.39, 0.29) is 23.7 Å². The molecular weight excluding hydrogens is 260 g/mol. The molecule has 0 radical (unpaired) electrons. The van der Waals surface area contributed by atoms with Crippen molar-refractivity contribution in [2.45, 2.75) is 46.1 Å². The minimum atomic E-state index is -1.26. The van der Waals surface area contributed by atoms with E-state index in [2.05, 4.69) is 5.32 Å². The minimum absolute atomic E-state index is 0.0358. The fraction of sp³-hybridized carbons (Fsp3) is 0.786. The van der Waals surface area contributed by atoms with E-state index in [1.165, 1.54) is 13.8 Å². The molecule has 0 bridgehead atoms. The van der Waals surface area contributed by atoms with Crippen LogP contribution in [0.4, 0.5) is 0 Å². The van der Waals surface area contributed by atoms with Crippen molar-refractivity contribution in [3.8, 4) is 0 Å². The molecule has 2 N–H and O–H groups in total. The highest BCUT2D eigenvalue weighted by Crippen LogP contribution is 2.20. The van der Waals surface area contributed by atoms with Crippen LogP contribution in [0.1, 0.15) is 40.5 Å². The van der Waals surface area contributed by atoms with Crippen LogP contribution in [0.5, 0.6) is 0 Å². The molecule has 1 heterocycles. The monoisotopic (exact) mass is 284 g/mol. The first-order chi connectivity index (χ1) is 9.15. The Morgan fingerprint density at radius 1 is 1.20 bits per heavy atom. The van der Waals surface area contributed by atoms with E-state index in [0.29, 0.717) is 25.9 Å². The molecule has 1 aliphatic heterocycles. The van der Waals surface area contributed by atoms with Gasteiger partial charge >= 0.3 is 5.97 Å². The molecule has 0 aromatic carbocycles. The van der Waals surface area contributed by atoms with Crippen molar-refractivity contribution in [1.29, 1.82) is 0 Å². The molecule has 0 atom stereocenters. The van der Waals surface area contributed by atoms with Crippen LogP contribution in [0.25, 0.3) is 0 Å². The maximum absolute atomic E-state index is 12.1. The first-order valence-corrected chi connectivity index (χ1v) is 6.99. The Morgan fingerprint density at radius 3 is 2.10 bits per heavy atom. The van der Waals surface area contributed by atoms with Crippen LogP contribution in [-0.4, -0.2) is 46.4 Å². The summed E-state index contributed by atoms with van der Waals surface area (Å²) in [6.07, 6.45) is 1.17. The molecule has 2 amide bonds. The Morgan fingerprint density at radius 2 is 1.70 bits per heavy atom. The van der Waals surface area contributed by atoms with Gasteiger partial charge < -0.3 is 15.3 Å². The Hall–Kier alpha value is -1.59. The van der Waals surface area contributed by atoms with Crippen LogP contribution >= 0.6 is 0 Å². The van der Waals surface area contributed by atoms with E-state index >= 15 is 0 Å². The van der Waals surface area contributed by atoms with Gasteiger partial charge in [-0.15, -0.1) is 0 Å². The summed E-state index contributed by atoms with van der Waals surface area (Å²) < 4.78 is 0. The standard InChI is InChI=1S/C14H24N2O4/c1-9(2)12(18)16-7-5-10(6-8-16)11(17)15-14(3,4)13(19)20/h9-10H,5-8H2,1-4H3,(H,15,17)(H,19,20). The van der Waals surface area contributed by atoms with E-state index in [4.69, 9.17) is 5.11 Å². The number of carboxylic acids is 1. The quantitative estimate of drug-likeness (QED) is 0.801. The van der Waals surface area contributed by atoms with Crippen molar-refractivity contribution in [3.63, 3.8) is 0 Å². The fourth-order valence-electron chi connectivity index (χ4n) is 2.19. The highest BCUT2D eigenvalue weighted by Gasteiger charge is 2.34. The fourth-order valence-corrected chi connectivity index (χ4v) is 2.19. The lowest BCUT2D eigenvalue weighted by atomic mass is 9.93. The second kappa shape index (κ2) is 6.24. The summed E-state index contributed by atoms with van der Waals surface area (Å²) in [5, 5.41) is 11.5.